The maximum absolute atomic E-state index is 7.56. The van der Waals surface area contributed by atoms with Crippen LogP contribution in [0.25, 0.3) is 72.4 Å². The monoisotopic (exact) mass is 1090 g/mol. The quantitative estimate of drug-likeness (QED) is 0.107. The normalized spacial score (nSPS) is 12.7. The third-order valence-electron chi connectivity index (χ3n) is 13.0. The van der Waals surface area contributed by atoms with E-state index in [4.69, 9.17) is 23.5 Å². The first-order valence-corrected chi connectivity index (χ1v) is 26.8. The second kappa shape index (κ2) is 19.4. The molecule has 6 aromatic carbocycles. The molecular weight excluding hydrogens is 1030 g/mol. The molecule has 0 saturated heterocycles. The molecule has 0 amide bonds. The molecule has 4 aromatic heterocycles. The number of para-hydroxylation sites is 1. The SMILES string of the molecule is Cc1cc2nc(-c3[c-]ccc4c3oc3ccccc34)n(-c3c(C(C)C)cc(-c4ccccc4)cc3C(C)C)c2cn1.[2H]C([2H])([2H])c1c[c-]c(-c2cc(C(C)(C)c3ccccc3)c([Si](C)(C)C)cn2)cc1.[Ir]. The van der Waals surface area contributed by atoms with E-state index in [1.165, 1.54) is 44.3 Å². The van der Waals surface area contributed by atoms with Crippen LogP contribution in [0.5, 0.6) is 0 Å². The minimum atomic E-state index is -2.12. The van der Waals surface area contributed by atoms with Crippen LogP contribution in [0.3, 0.4) is 0 Å². The minimum Gasteiger partial charge on any atom is -0.501 e. The molecule has 0 aliphatic carbocycles. The van der Waals surface area contributed by atoms with Crippen molar-refractivity contribution >= 4 is 46.2 Å². The summed E-state index contributed by atoms with van der Waals surface area (Å²) < 4.78 is 31.5. The molecule has 10 rings (SSSR count). The molecule has 7 heteroatoms. The first-order valence-electron chi connectivity index (χ1n) is 24.8. The molecule has 1 radical (unpaired) electrons. The fraction of sp³-hybridized carbons (Fsp3) is 0.230. The van der Waals surface area contributed by atoms with Crippen LogP contribution in [0.15, 0.2) is 156 Å². The number of imidazole rings is 1. The van der Waals surface area contributed by atoms with Gasteiger partial charge in [-0.2, -0.15) is 0 Å². The molecular formula is C61H60IrN4OSi-2. The molecule has 0 aliphatic rings. The molecule has 0 bridgehead atoms. The van der Waals surface area contributed by atoms with Gasteiger partial charge in [0.2, 0.25) is 0 Å². The van der Waals surface area contributed by atoms with Gasteiger partial charge >= 0.3 is 0 Å². The summed E-state index contributed by atoms with van der Waals surface area (Å²) in [5.74, 6) is 1.37. The van der Waals surface area contributed by atoms with Crippen molar-refractivity contribution in [2.24, 2.45) is 0 Å². The van der Waals surface area contributed by atoms with E-state index in [9.17, 15) is 0 Å². The zero-order valence-electron chi connectivity index (χ0n) is 43.6. The zero-order chi connectivity index (χ0) is 49.7. The maximum atomic E-state index is 7.56. The van der Waals surface area contributed by atoms with Crippen molar-refractivity contribution in [3.8, 4) is 39.5 Å². The molecule has 345 valence electrons. The Morgan fingerprint density at radius 3 is 2.04 bits per heavy atom. The summed E-state index contributed by atoms with van der Waals surface area (Å²) in [4.78, 5) is 14.7. The van der Waals surface area contributed by atoms with Gasteiger partial charge in [-0.15, -0.1) is 53.6 Å². The van der Waals surface area contributed by atoms with Crippen LogP contribution >= 0.6 is 0 Å². The molecule has 5 nitrogen and oxygen atoms in total. The topological polar surface area (TPSA) is 56.7 Å². The average Bonchev–Trinajstić information content (AvgIpc) is 3.92. The van der Waals surface area contributed by atoms with E-state index in [2.05, 4.69) is 175 Å². The summed E-state index contributed by atoms with van der Waals surface area (Å²) in [7, 11) is -1.63. The summed E-state index contributed by atoms with van der Waals surface area (Å²) in [5, 5.41) is 3.50. The Balaban J connectivity index is 0.000000200. The van der Waals surface area contributed by atoms with Gasteiger partial charge in [0.1, 0.15) is 5.58 Å². The first-order chi connectivity index (χ1) is 33.3. The van der Waals surface area contributed by atoms with Gasteiger partial charge < -0.3 is 14.0 Å². The van der Waals surface area contributed by atoms with Crippen LogP contribution in [0.2, 0.25) is 19.6 Å². The van der Waals surface area contributed by atoms with Crippen LogP contribution in [0.1, 0.15) is 91.0 Å². The van der Waals surface area contributed by atoms with Gasteiger partial charge in [0.15, 0.2) is 0 Å². The van der Waals surface area contributed by atoms with E-state index in [0.29, 0.717) is 5.56 Å². The number of furan rings is 1. The molecule has 0 N–H and O–H groups in total. The molecule has 10 aromatic rings. The molecule has 4 heterocycles. The second-order valence-corrected chi connectivity index (χ2v) is 24.8. The molecule has 68 heavy (non-hydrogen) atoms. The molecule has 0 spiro atoms. The van der Waals surface area contributed by atoms with Crippen LogP contribution in [0.4, 0.5) is 0 Å². The molecule has 0 atom stereocenters. The standard InChI is InChI=1S/C37H32N3O.C24H28NSi.Ir/c1-22(2)30-19-26(25-12-7-6-8-13-25)20-31(23(3)4)35(30)40-33-21-38-24(5)18-32(33)39-37(40)29-16-11-15-28-27-14-9-10-17-34(27)41-36(28)29;1-18-12-14-19(15-13-18)22-16-21(23(17-25-22)26(4,5)6)24(2,3)20-10-8-7-9-11-20;/h6-15,17-23H,1-5H3;7-14,16-17H,1-6H3;/q2*-1;/i;1D3;. The number of hydrogen-bond donors (Lipinski definition) is 0. The smallest absolute Gasteiger partial charge is 0.120 e. The molecule has 0 saturated carbocycles. The number of benzene rings is 6. The Hall–Kier alpha value is -6.24. The van der Waals surface area contributed by atoms with Gasteiger partial charge in [0.25, 0.3) is 0 Å². The van der Waals surface area contributed by atoms with Crippen LogP contribution in [0, 0.1) is 25.9 Å². The van der Waals surface area contributed by atoms with Crippen molar-refractivity contribution in [3.63, 3.8) is 0 Å². The number of aryl methyl sites for hydroxylation is 2. The van der Waals surface area contributed by atoms with Gasteiger partial charge in [-0.25, -0.2) is 0 Å². The number of rotatable bonds is 9. The molecule has 0 unspecified atom stereocenters. The van der Waals surface area contributed by atoms with Crippen molar-refractivity contribution in [3.05, 3.63) is 198 Å². The second-order valence-electron chi connectivity index (χ2n) is 19.8. The van der Waals surface area contributed by atoms with Gasteiger partial charge in [0.05, 0.1) is 36.7 Å². The summed E-state index contributed by atoms with van der Waals surface area (Å²) in [6, 6.07) is 54.0. The van der Waals surface area contributed by atoms with Crippen LogP contribution in [-0.2, 0) is 25.5 Å². The van der Waals surface area contributed by atoms with Gasteiger partial charge in [-0.05, 0) is 87.3 Å². The summed E-state index contributed by atoms with van der Waals surface area (Å²) in [6.45, 7) is 20.5. The van der Waals surface area contributed by atoms with Crippen molar-refractivity contribution in [2.45, 2.75) is 92.2 Å². The van der Waals surface area contributed by atoms with Gasteiger partial charge in [0, 0.05) is 52.6 Å². The Kier molecular flexibility index (Phi) is 12.6. The average molecular weight is 1090 g/mol. The summed E-state index contributed by atoms with van der Waals surface area (Å²) in [6.07, 6.45) is 3.98. The Bertz CT molecular complexity index is 3470. The van der Waals surface area contributed by atoms with E-state index in [1.54, 1.807) is 18.2 Å². The Morgan fingerprint density at radius 2 is 1.40 bits per heavy atom. The number of aromatic nitrogens is 4. The Labute approximate surface area is 421 Å². The largest absolute Gasteiger partial charge is 0.501 e. The minimum absolute atomic E-state index is 0. The van der Waals surface area contributed by atoms with E-state index in [-0.39, 0.29) is 37.4 Å². The fourth-order valence-corrected chi connectivity index (χ4v) is 10.9. The van der Waals surface area contributed by atoms with Crippen molar-refractivity contribution in [1.82, 2.24) is 19.5 Å². The van der Waals surface area contributed by atoms with Crippen molar-refractivity contribution < 1.29 is 28.6 Å². The molecule has 0 aliphatic heterocycles. The van der Waals surface area contributed by atoms with Gasteiger partial charge in [-0.1, -0.05) is 164 Å². The predicted octanol–water partition coefficient (Wildman–Crippen LogP) is 15.7. The fourth-order valence-electron chi connectivity index (χ4n) is 9.26. The van der Waals surface area contributed by atoms with Gasteiger partial charge in [-0.3, -0.25) is 9.97 Å². The number of fused-ring (bicyclic) bond motifs is 4. The Morgan fingerprint density at radius 1 is 0.721 bits per heavy atom. The predicted molar refractivity (Wildman–Crippen MR) is 284 cm³/mol. The third-order valence-corrected chi connectivity index (χ3v) is 15.0. The molecule has 0 fully saturated rings. The van der Waals surface area contributed by atoms with E-state index < -0.39 is 14.9 Å². The van der Waals surface area contributed by atoms with Crippen LogP contribution in [-0.4, -0.2) is 27.6 Å². The third kappa shape index (κ3) is 9.32. The first kappa shape index (κ1) is 44.3. The number of pyridine rings is 2. The summed E-state index contributed by atoms with van der Waals surface area (Å²) in [5.41, 5.74) is 15.8. The van der Waals surface area contributed by atoms with Crippen molar-refractivity contribution in [1.29, 1.82) is 0 Å². The van der Waals surface area contributed by atoms with Crippen molar-refractivity contribution in [2.75, 3.05) is 0 Å². The van der Waals surface area contributed by atoms with E-state index in [1.807, 2.05) is 43.6 Å². The summed E-state index contributed by atoms with van der Waals surface area (Å²) >= 11 is 0. The van der Waals surface area contributed by atoms with E-state index >= 15 is 0 Å². The number of hydrogen-bond acceptors (Lipinski definition) is 4. The van der Waals surface area contributed by atoms with E-state index in [0.717, 1.165) is 61.3 Å². The maximum Gasteiger partial charge on any atom is 0.120 e. The number of nitrogens with zero attached hydrogens (tertiary/aromatic N) is 4. The zero-order valence-corrected chi connectivity index (χ0v) is 44.0. The van der Waals surface area contributed by atoms with Crippen LogP contribution < -0.4 is 5.19 Å².